The summed E-state index contributed by atoms with van der Waals surface area (Å²) in [4.78, 5) is 13.6. The molecule has 1 rings (SSSR count). The number of rotatable bonds is 2. The molecule has 0 saturated carbocycles. The maximum absolute atomic E-state index is 10.9. The lowest BCUT2D eigenvalue weighted by Gasteiger charge is -1.96. The first kappa shape index (κ1) is 7.65. The Labute approximate surface area is 64.4 Å². The number of nitrogens with two attached hydrogens (primary N) is 1. The Balaban J connectivity index is 2.69. The molecule has 0 atom stereocenters. The lowest BCUT2D eigenvalue weighted by atomic mass is 10.4. The van der Waals surface area contributed by atoms with Gasteiger partial charge in [-0.15, -0.1) is 0 Å². The predicted octanol–water partition coefficient (Wildman–Crippen LogP) is 0.774. The van der Waals surface area contributed by atoms with E-state index in [2.05, 4.69) is 4.98 Å². The Kier molecular flexibility index (Phi) is 2.15. The van der Waals surface area contributed by atoms with Gasteiger partial charge in [0.2, 0.25) is 0 Å². The second-order valence-corrected chi connectivity index (χ2v) is 2.05. The standard InChI is InChI=1S/C7H10N2O2/c1-2-11-7(10)5-3-4-6(8)9-5/h3-4,9H,2,8H2,1H3. The van der Waals surface area contributed by atoms with Gasteiger partial charge in [0.25, 0.3) is 0 Å². The summed E-state index contributed by atoms with van der Waals surface area (Å²) in [6.45, 7) is 2.13. The minimum Gasteiger partial charge on any atom is -0.461 e. The van der Waals surface area contributed by atoms with Crippen molar-refractivity contribution in [3.8, 4) is 0 Å². The zero-order valence-corrected chi connectivity index (χ0v) is 6.26. The van der Waals surface area contributed by atoms with E-state index in [-0.39, 0.29) is 5.97 Å². The Morgan fingerprint density at radius 2 is 2.45 bits per heavy atom. The SMILES string of the molecule is CCOC(=O)c1ccc(N)[nH]1. The Bertz CT molecular complexity index is 255. The summed E-state index contributed by atoms with van der Waals surface area (Å²) in [7, 11) is 0. The molecule has 4 nitrogen and oxygen atoms in total. The van der Waals surface area contributed by atoms with Crippen LogP contribution < -0.4 is 5.73 Å². The van der Waals surface area contributed by atoms with Crippen molar-refractivity contribution in [3.63, 3.8) is 0 Å². The van der Waals surface area contributed by atoms with Gasteiger partial charge in [-0.1, -0.05) is 0 Å². The summed E-state index contributed by atoms with van der Waals surface area (Å²) in [6, 6.07) is 3.21. The number of H-pyrrole nitrogens is 1. The van der Waals surface area contributed by atoms with E-state index >= 15 is 0 Å². The topological polar surface area (TPSA) is 68.1 Å². The number of ether oxygens (including phenoxy) is 1. The molecule has 3 N–H and O–H groups in total. The van der Waals surface area contributed by atoms with Crippen LogP contribution in [0.25, 0.3) is 0 Å². The fourth-order valence-corrected chi connectivity index (χ4v) is 0.740. The summed E-state index contributed by atoms with van der Waals surface area (Å²) in [5.41, 5.74) is 5.74. The molecule has 0 saturated heterocycles. The number of hydrogen-bond donors (Lipinski definition) is 2. The van der Waals surface area contributed by atoms with Gasteiger partial charge in [-0.2, -0.15) is 0 Å². The largest absolute Gasteiger partial charge is 0.461 e. The van der Waals surface area contributed by atoms with Gasteiger partial charge in [-0.3, -0.25) is 0 Å². The molecule has 0 aliphatic carbocycles. The zero-order valence-electron chi connectivity index (χ0n) is 6.26. The van der Waals surface area contributed by atoms with Gasteiger partial charge in [-0.05, 0) is 19.1 Å². The van der Waals surface area contributed by atoms with Crippen LogP contribution in [0.3, 0.4) is 0 Å². The van der Waals surface area contributed by atoms with Crippen LogP contribution in [-0.2, 0) is 4.74 Å². The van der Waals surface area contributed by atoms with Gasteiger partial charge in [-0.25, -0.2) is 4.79 Å². The molecule has 1 aromatic heterocycles. The fourth-order valence-electron chi connectivity index (χ4n) is 0.740. The first-order valence-electron chi connectivity index (χ1n) is 3.35. The van der Waals surface area contributed by atoms with Crippen LogP contribution in [0, 0.1) is 0 Å². The molecule has 0 amide bonds. The highest BCUT2D eigenvalue weighted by atomic mass is 16.5. The van der Waals surface area contributed by atoms with E-state index in [0.717, 1.165) is 0 Å². The molecule has 1 aromatic rings. The molecule has 0 spiro atoms. The number of nitrogens with one attached hydrogen (secondary N) is 1. The van der Waals surface area contributed by atoms with E-state index < -0.39 is 0 Å². The molecule has 4 heteroatoms. The maximum atomic E-state index is 10.9. The smallest absolute Gasteiger partial charge is 0.354 e. The average molecular weight is 154 g/mol. The number of esters is 1. The van der Waals surface area contributed by atoms with Gasteiger partial charge in [0.1, 0.15) is 11.5 Å². The quantitative estimate of drug-likeness (QED) is 0.618. The van der Waals surface area contributed by atoms with Crippen molar-refractivity contribution in [2.75, 3.05) is 12.3 Å². The second kappa shape index (κ2) is 3.09. The van der Waals surface area contributed by atoms with Crippen molar-refractivity contribution >= 4 is 11.8 Å². The molecule has 0 radical (unpaired) electrons. The van der Waals surface area contributed by atoms with Crippen molar-refractivity contribution in [1.29, 1.82) is 0 Å². The molecular formula is C7H10N2O2. The third-order valence-electron chi connectivity index (χ3n) is 1.20. The van der Waals surface area contributed by atoms with Gasteiger partial charge >= 0.3 is 5.97 Å². The second-order valence-electron chi connectivity index (χ2n) is 2.05. The number of anilines is 1. The number of carbonyl (C=O) groups is 1. The van der Waals surface area contributed by atoms with Crippen molar-refractivity contribution in [2.24, 2.45) is 0 Å². The molecule has 1 heterocycles. The van der Waals surface area contributed by atoms with Crippen molar-refractivity contribution in [1.82, 2.24) is 4.98 Å². The summed E-state index contributed by atoms with van der Waals surface area (Å²) >= 11 is 0. The number of aromatic amines is 1. The van der Waals surface area contributed by atoms with Crippen molar-refractivity contribution in [2.45, 2.75) is 6.92 Å². The number of nitrogen functional groups attached to an aromatic ring is 1. The minimum atomic E-state index is -0.371. The third-order valence-corrected chi connectivity index (χ3v) is 1.20. The lowest BCUT2D eigenvalue weighted by molar-refractivity contribution is 0.0520. The summed E-state index contributed by atoms with van der Waals surface area (Å²) in [6.07, 6.45) is 0. The highest BCUT2D eigenvalue weighted by Gasteiger charge is 2.06. The van der Waals surface area contributed by atoms with Crippen molar-refractivity contribution < 1.29 is 9.53 Å². The molecule has 0 aromatic carbocycles. The number of aromatic nitrogens is 1. The zero-order chi connectivity index (χ0) is 8.27. The summed E-state index contributed by atoms with van der Waals surface area (Å²) in [5, 5.41) is 0. The van der Waals surface area contributed by atoms with Crippen LogP contribution in [0.5, 0.6) is 0 Å². The Hall–Kier alpha value is -1.45. The van der Waals surface area contributed by atoms with Crippen LogP contribution >= 0.6 is 0 Å². The number of hydrogen-bond acceptors (Lipinski definition) is 3. The molecule has 0 aliphatic rings. The Morgan fingerprint density at radius 1 is 1.73 bits per heavy atom. The van der Waals surface area contributed by atoms with Crippen molar-refractivity contribution in [3.05, 3.63) is 17.8 Å². The van der Waals surface area contributed by atoms with Crippen LogP contribution in [0.4, 0.5) is 5.82 Å². The Morgan fingerprint density at radius 3 is 2.91 bits per heavy atom. The van der Waals surface area contributed by atoms with Crippen LogP contribution in [-0.4, -0.2) is 17.6 Å². The van der Waals surface area contributed by atoms with E-state index in [1.165, 1.54) is 0 Å². The molecule has 60 valence electrons. The van der Waals surface area contributed by atoms with Gasteiger partial charge < -0.3 is 15.5 Å². The minimum absolute atomic E-state index is 0.371. The summed E-state index contributed by atoms with van der Waals surface area (Å²) in [5.74, 6) is 0.0947. The highest BCUT2D eigenvalue weighted by Crippen LogP contribution is 2.03. The maximum Gasteiger partial charge on any atom is 0.354 e. The normalized spacial score (nSPS) is 9.55. The molecule has 11 heavy (non-hydrogen) atoms. The van der Waals surface area contributed by atoms with Gasteiger partial charge in [0.15, 0.2) is 0 Å². The summed E-state index contributed by atoms with van der Waals surface area (Å²) < 4.78 is 4.72. The molecule has 0 unspecified atom stereocenters. The monoisotopic (exact) mass is 154 g/mol. The van der Waals surface area contributed by atoms with E-state index in [1.807, 2.05) is 0 Å². The van der Waals surface area contributed by atoms with E-state index in [4.69, 9.17) is 10.5 Å². The van der Waals surface area contributed by atoms with E-state index in [0.29, 0.717) is 18.1 Å². The number of carbonyl (C=O) groups excluding carboxylic acids is 1. The first-order valence-corrected chi connectivity index (χ1v) is 3.35. The van der Waals surface area contributed by atoms with E-state index in [9.17, 15) is 4.79 Å². The fraction of sp³-hybridized carbons (Fsp3) is 0.286. The van der Waals surface area contributed by atoms with Gasteiger partial charge in [0, 0.05) is 0 Å². The van der Waals surface area contributed by atoms with Crippen LogP contribution in [0.2, 0.25) is 0 Å². The van der Waals surface area contributed by atoms with Crippen LogP contribution in [0.15, 0.2) is 12.1 Å². The average Bonchev–Trinajstić information content (AvgIpc) is 2.36. The highest BCUT2D eigenvalue weighted by molar-refractivity contribution is 5.88. The van der Waals surface area contributed by atoms with Crippen LogP contribution in [0.1, 0.15) is 17.4 Å². The third kappa shape index (κ3) is 1.73. The first-order chi connectivity index (χ1) is 5.24. The van der Waals surface area contributed by atoms with E-state index in [1.54, 1.807) is 19.1 Å². The molecule has 0 aliphatic heterocycles. The molecule has 0 fully saturated rings. The molecular weight excluding hydrogens is 144 g/mol. The predicted molar refractivity (Wildman–Crippen MR) is 41.2 cm³/mol. The lowest BCUT2D eigenvalue weighted by Crippen LogP contribution is -2.04. The molecule has 0 bridgehead atoms. The van der Waals surface area contributed by atoms with Gasteiger partial charge in [0.05, 0.1) is 6.61 Å².